The van der Waals surface area contributed by atoms with E-state index in [1.807, 2.05) is 61.5 Å². The topological polar surface area (TPSA) is 81.9 Å². The number of ketones is 1. The molecule has 3 aromatic carbocycles. The van der Waals surface area contributed by atoms with Gasteiger partial charge in [0, 0.05) is 12.1 Å². The van der Waals surface area contributed by atoms with Gasteiger partial charge in [-0.1, -0.05) is 90.1 Å². The maximum absolute atomic E-state index is 12.9. The van der Waals surface area contributed by atoms with Crippen LogP contribution < -0.4 is 0 Å². The molecule has 0 N–H and O–H groups in total. The minimum atomic E-state index is -3.59. The van der Waals surface area contributed by atoms with Gasteiger partial charge < -0.3 is 4.57 Å². The van der Waals surface area contributed by atoms with Crippen LogP contribution in [0.25, 0.3) is 11.1 Å². The highest BCUT2D eigenvalue weighted by molar-refractivity contribution is 7.99. The van der Waals surface area contributed by atoms with E-state index in [0.29, 0.717) is 23.1 Å². The summed E-state index contributed by atoms with van der Waals surface area (Å²) in [5.74, 6) is 0.140. The lowest BCUT2D eigenvalue weighted by molar-refractivity contribution is 0.102. The molecule has 8 heteroatoms. The number of benzene rings is 3. The van der Waals surface area contributed by atoms with E-state index < -0.39 is 9.84 Å². The van der Waals surface area contributed by atoms with E-state index in [0.717, 1.165) is 16.7 Å². The van der Waals surface area contributed by atoms with Crippen molar-refractivity contribution >= 4 is 27.4 Å². The largest absolute Gasteiger partial charge is 0.301 e. The van der Waals surface area contributed by atoms with Crippen LogP contribution in [-0.4, -0.2) is 34.7 Å². The van der Waals surface area contributed by atoms with Crippen molar-refractivity contribution in [3.8, 4) is 11.1 Å². The molecule has 35 heavy (non-hydrogen) atoms. The Balaban J connectivity index is 1.46. The lowest BCUT2D eigenvalue weighted by atomic mass is 10.0. The van der Waals surface area contributed by atoms with Crippen LogP contribution in [0.4, 0.5) is 0 Å². The monoisotopic (exact) mass is 503 g/mol. The molecule has 0 spiro atoms. The number of hydrogen-bond donors (Lipinski definition) is 0. The highest BCUT2D eigenvalue weighted by atomic mass is 32.2. The second kappa shape index (κ2) is 10.8. The highest BCUT2D eigenvalue weighted by Gasteiger charge is 2.22. The summed E-state index contributed by atoms with van der Waals surface area (Å²) < 4.78 is 27.5. The summed E-state index contributed by atoms with van der Waals surface area (Å²) in [4.78, 5) is 13.0. The summed E-state index contributed by atoms with van der Waals surface area (Å²) in [5, 5.41) is 8.75. The molecule has 0 radical (unpaired) electrons. The van der Waals surface area contributed by atoms with Gasteiger partial charge in [0.2, 0.25) is 0 Å². The first-order valence-electron chi connectivity index (χ1n) is 11.0. The number of hydrogen-bond acceptors (Lipinski definition) is 6. The fourth-order valence-corrected chi connectivity index (χ4v) is 5.67. The maximum atomic E-state index is 12.9. The quantitative estimate of drug-likeness (QED) is 0.164. The third-order valence-corrected chi connectivity index (χ3v) is 8.05. The SMILES string of the molecule is C=CCn1c(CS(=O)(=O)c2ccc(C)cc2)nnc1SCC(=O)c1ccc(-c2ccccc2)cc1. The number of carbonyl (C=O) groups is 1. The van der Waals surface area contributed by atoms with Crippen molar-refractivity contribution in [3.63, 3.8) is 0 Å². The molecule has 178 valence electrons. The minimum Gasteiger partial charge on any atom is -0.301 e. The number of Topliss-reactive ketones (excluding diaryl/α,β-unsaturated/α-hetero) is 1. The van der Waals surface area contributed by atoms with Crippen LogP contribution in [0.5, 0.6) is 0 Å². The van der Waals surface area contributed by atoms with Gasteiger partial charge >= 0.3 is 0 Å². The lowest BCUT2D eigenvalue weighted by Crippen LogP contribution is -2.12. The molecule has 4 rings (SSSR count). The molecule has 1 heterocycles. The van der Waals surface area contributed by atoms with Crippen LogP contribution >= 0.6 is 11.8 Å². The normalized spacial score (nSPS) is 11.3. The Kier molecular flexibility index (Phi) is 7.63. The van der Waals surface area contributed by atoms with Crippen molar-refractivity contribution in [1.82, 2.24) is 14.8 Å². The van der Waals surface area contributed by atoms with Gasteiger partial charge in [-0.3, -0.25) is 4.79 Å². The van der Waals surface area contributed by atoms with E-state index in [4.69, 9.17) is 0 Å². The Morgan fingerprint density at radius 1 is 0.943 bits per heavy atom. The predicted octanol–water partition coefficient (Wildman–Crippen LogP) is 5.39. The number of nitrogens with zero attached hydrogens (tertiary/aromatic N) is 3. The molecular weight excluding hydrogens is 478 g/mol. The van der Waals surface area contributed by atoms with E-state index >= 15 is 0 Å². The molecule has 0 atom stereocenters. The average molecular weight is 504 g/mol. The number of rotatable bonds is 10. The molecule has 0 fully saturated rings. The lowest BCUT2D eigenvalue weighted by Gasteiger charge is -2.09. The van der Waals surface area contributed by atoms with Crippen molar-refractivity contribution < 1.29 is 13.2 Å². The number of aromatic nitrogens is 3. The summed E-state index contributed by atoms with van der Waals surface area (Å²) in [7, 11) is -3.59. The molecule has 0 aliphatic heterocycles. The Labute approximate surface area is 209 Å². The Bertz CT molecular complexity index is 1430. The summed E-state index contributed by atoms with van der Waals surface area (Å²) in [5.41, 5.74) is 3.72. The zero-order chi connectivity index (χ0) is 24.8. The fraction of sp³-hybridized carbons (Fsp3) is 0.148. The van der Waals surface area contributed by atoms with Gasteiger partial charge in [0.05, 0.1) is 10.6 Å². The first kappa shape index (κ1) is 24.6. The Morgan fingerprint density at radius 3 is 2.26 bits per heavy atom. The van der Waals surface area contributed by atoms with Crippen molar-refractivity contribution in [2.75, 3.05) is 5.75 Å². The molecule has 4 aromatic rings. The summed E-state index contributed by atoms with van der Waals surface area (Å²) in [6.45, 7) is 6.00. The second-order valence-corrected chi connectivity index (χ2v) is 11.0. The average Bonchev–Trinajstić information content (AvgIpc) is 3.24. The summed E-state index contributed by atoms with van der Waals surface area (Å²) in [6, 6.07) is 24.2. The molecule has 0 saturated carbocycles. The van der Waals surface area contributed by atoms with Crippen molar-refractivity contribution in [2.24, 2.45) is 0 Å². The molecule has 1 aromatic heterocycles. The molecule has 0 aliphatic carbocycles. The van der Waals surface area contributed by atoms with Crippen LogP contribution in [0, 0.1) is 6.92 Å². The number of carbonyl (C=O) groups excluding carboxylic acids is 1. The summed E-state index contributed by atoms with van der Waals surface area (Å²) >= 11 is 1.23. The Hall–Kier alpha value is -3.49. The number of sulfone groups is 1. The van der Waals surface area contributed by atoms with E-state index in [-0.39, 0.29) is 22.2 Å². The first-order valence-corrected chi connectivity index (χ1v) is 13.6. The minimum absolute atomic E-state index is 0.0448. The van der Waals surface area contributed by atoms with Crippen molar-refractivity contribution in [1.29, 1.82) is 0 Å². The van der Waals surface area contributed by atoms with Crippen molar-refractivity contribution in [2.45, 2.75) is 29.3 Å². The van der Waals surface area contributed by atoms with Crippen LogP contribution in [0.15, 0.2) is 102 Å². The van der Waals surface area contributed by atoms with Gasteiger partial charge in [0.25, 0.3) is 0 Å². The molecule has 0 aliphatic rings. The van der Waals surface area contributed by atoms with E-state index in [9.17, 15) is 13.2 Å². The molecular formula is C27H25N3O3S2. The van der Waals surface area contributed by atoms with Gasteiger partial charge in [0.1, 0.15) is 11.6 Å². The van der Waals surface area contributed by atoms with Crippen LogP contribution in [-0.2, 0) is 22.1 Å². The molecule has 0 unspecified atom stereocenters. The number of thioether (sulfide) groups is 1. The highest BCUT2D eigenvalue weighted by Crippen LogP contribution is 2.24. The van der Waals surface area contributed by atoms with Crippen LogP contribution in [0.2, 0.25) is 0 Å². The standard InChI is InChI=1S/C27H25N3O3S2/c1-3-17-30-26(19-35(32,33)24-15-9-20(2)10-16-24)28-29-27(30)34-18-25(31)23-13-11-22(12-14-23)21-7-5-4-6-8-21/h3-16H,1,17-19H2,2H3. The molecule has 0 saturated heterocycles. The number of allylic oxidation sites excluding steroid dienone is 1. The third-order valence-electron chi connectivity index (χ3n) is 5.45. The molecule has 0 amide bonds. The smallest absolute Gasteiger partial charge is 0.191 e. The van der Waals surface area contributed by atoms with Crippen molar-refractivity contribution in [3.05, 3.63) is 108 Å². The zero-order valence-corrected chi connectivity index (χ0v) is 20.9. The summed E-state index contributed by atoms with van der Waals surface area (Å²) in [6.07, 6.45) is 1.65. The molecule has 0 bridgehead atoms. The van der Waals surface area contributed by atoms with Gasteiger partial charge in [-0.2, -0.15) is 0 Å². The van der Waals surface area contributed by atoms with Crippen LogP contribution in [0.1, 0.15) is 21.7 Å². The van der Waals surface area contributed by atoms with E-state index in [1.165, 1.54) is 11.8 Å². The molecule has 6 nitrogen and oxygen atoms in total. The second-order valence-electron chi connectivity index (χ2n) is 8.03. The van der Waals surface area contributed by atoms with Crippen LogP contribution in [0.3, 0.4) is 0 Å². The number of aryl methyl sites for hydroxylation is 1. The Morgan fingerprint density at radius 2 is 1.60 bits per heavy atom. The van der Waals surface area contributed by atoms with Gasteiger partial charge in [-0.25, -0.2) is 8.42 Å². The van der Waals surface area contributed by atoms with E-state index in [1.54, 1.807) is 34.9 Å². The predicted molar refractivity (Wildman–Crippen MR) is 139 cm³/mol. The third kappa shape index (κ3) is 5.96. The van der Waals surface area contributed by atoms with Gasteiger partial charge in [-0.05, 0) is 30.2 Å². The maximum Gasteiger partial charge on any atom is 0.191 e. The fourth-order valence-electron chi connectivity index (χ4n) is 3.54. The first-order chi connectivity index (χ1) is 16.9. The zero-order valence-electron chi connectivity index (χ0n) is 19.3. The van der Waals surface area contributed by atoms with E-state index in [2.05, 4.69) is 16.8 Å². The van der Waals surface area contributed by atoms with Gasteiger partial charge in [0.15, 0.2) is 20.8 Å². The van der Waals surface area contributed by atoms with Gasteiger partial charge in [-0.15, -0.1) is 16.8 Å².